The molecule has 1 aromatic carbocycles. The maximum Gasteiger partial charge on any atom is 0.228 e. The molecule has 0 saturated carbocycles. The van der Waals surface area contributed by atoms with Gasteiger partial charge < -0.3 is 14.9 Å². The first-order valence-electron chi connectivity index (χ1n) is 11.2. The van der Waals surface area contributed by atoms with Crippen molar-refractivity contribution in [2.24, 2.45) is 5.41 Å². The Hall–Kier alpha value is -2.58. The zero-order valence-electron chi connectivity index (χ0n) is 18.9. The number of hydrogen-bond donors (Lipinski definition) is 1. The third kappa shape index (κ3) is 5.07. The molecule has 2 fully saturated rings. The highest BCUT2D eigenvalue weighted by molar-refractivity contribution is 5.83. The van der Waals surface area contributed by atoms with Crippen LogP contribution in [-0.2, 0) is 11.3 Å². The van der Waals surface area contributed by atoms with Crippen LogP contribution in [0.15, 0.2) is 42.7 Å². The van der Waals surface area contributed by atoms with Crippen molar-refractivity contribution in [3.8, 4) is 0 Å². The number of β-amino-alcohol motifs (C(OH)–C–C–N with tert-alkyl or cyclic N) is 1. The number of anilines is 1. The van der Waals surface area contributed by atoms with Gasteiger partial charge in [-0.05, 0) is 50.1 Å². The molecule has 0 spiro atoms. The van der Waals surface area contributed by atoms with Crippen LogP contribution >= 0.6 is 0 Å². The lowest BCUT2D eigenvalue weighted by atomic mass is 9.79. The van der Waals surface area contributed by atoms with Crippen LogP contribution in [0, 0.1) is 11.2 Å². The molecule has 1 aromatic heterocycles. The normalized spacial score (nSPS) is 23.0. The monoisotopic (exact) mass is 441 g/mol. The number of carbonyl (C=O) groups excluding carboxylic acids is 1. The molecule has 1 amide bonds. The molecule has 2 aliphatic heterocycles. The van der Waals surface area contributed by atoms with Crippen molar-refractivity contribution in [2.45, 2.75) is 38.3 Å². The standard InChI is InChI=1S/C24H32FN5O2/c1-23(8-13-29(14-9-23)22-26-11-3-12-27-22)21(31)30-15-10-24(32,18-30)17-28(2)16-19-4-6-20(25)7-5-19/h3-7,11-12,32H,8-10,13-18H2,1-2H3/t24-/m0/s1. The van der Waals surface area contributed by atoms with Crippen LogP contribution in [-0.4, -0.2) is 76.2 Å². The summed E-state index contributed by atoms with van der Waals surface area (Å²) in [6.45, 7) is 5.52. The van der Waals surface area contributed by atoms with E-state index in [9.17, 15) is 14.3 Å². The Morgan fingerprint density at radius 1 is 1.12 bits per heavy atom. The number of amides is 1. The van der Waals surface area contributed by atoms with Gasteiger partial charge in [-0.1, -0.05) is 19.1 Å². The third-order valence-electron chi connectivity index (χ3n) is 6.77. The molecule has 2 saturated heterocycles. The summed E-state index contributed by atoms with van der Waals surface area (Å²) in [5, 5.41) is 11.2. The summed E-state index contributed by atoms with van der Waals surface area (Å²) in [5.74, 6) is 0.584. The van der Waals surface area contributed by atoms with Crippen molar-refractivity contribution in [3.63, 3.8) is 0 Å². The van der Waals surface area contributed by atoms with Crippen LogP contribution in [0.4, 0.5) is 10.3 Å². The highest BCUT2D eigenvalue weighted by Gasteiger charge is 2.45. The number of carbonyl (C=O) groups is 1. The molecule has 1 atom stereocenters. The summed E-state index contributed by atoms with van der Waals surface area (Å²) in [4.78, 5) is 28.0. The van der Waals surface area contributed by atoms with Crippen molar-refractivity contribution >= 4 is 11.9 Å². The first kappa shape index (κ1) is 22.6. The average molecular weight is 442 g/mol. The molecule has 0 radical (unpaired) electrons. The number of rotatable bonds is 6. The molecule has 2 aliphatic rings. The van der Waals surface area contributed by atoms with E-state index in [1.54, 1.807) is 30.6 Å². The van der Waals surface area contributed by atoms with Gasteiger partial charge in [-0.15, -0.1) is 0 Å². The van der Waals surface area contributed by atoms with Gasteiger partial charge in [-0.3, -0.25) is 9.69 Å². The molecule has 3 heterocycles. The van der Waals surface area contributed by atoms with Gasteiger partial charge >= 0.3 is 0 Å². The van der Waals surface area contributed by atoms with E-state index >= 15 is 0 Å². The number of halogens is 1. The number of nitrogens with zero attached hydrogens (tertiary/aromatic N) is 5. The fourth-order valence-corrected chi connectivity index (χ4v) is 4.87. The van der Waals surface area contributed by atoms with Gasteiger partial charge in [0.05, 0.1) is 12.1 Å². The minimum atomic E-state index is -0.931. The minimum absolute atomic E-state index is 0.128. The highest BCUT2D eigenvalue weighted by atomic mass is 19.1. The van der Waals surface area contributed by atoms with Crippen LogP contribution in [0.25, 0.3) is 0 Å². The smallest absolute Gasteiger partial charge is 0.228 e. The van der Waals surface area contributed by atoms with Crippen LogP contribution in [0.5, 0.6) is 0 Å². The number of likely N-dealkylation sites (tertiary alicyclic amines) is 1. The Morgan fingerprint density at radius 2 is 1.78 bits per heavy atom. The second-order valence-corrected chi connectivity index (χ2v) is 9.60. The highest BCUT2D eigenvalue weighted by Crippen LogP contribution is 2.36. The number of likely N-dealkylation sites (N-methyl/N-ethyl adjacent to an activating group) is 1. The van der Waals surface area contributed by atoms with Gasteiger partial charge in [-0.25, -0.2) is 14.4 Å². The van der Waals surface area contributed by atoms with E-state index in [0.717, 1.165) is 31.5 Å². The lowest BCUT2D eigenvalue weighted by Crippen LogP contribution is -2.50. The molecule has 172 valence electrons. The first-order chi connectivity index (χ1) is 15.3. The molecule has 0 bridgehead atoms. The Morgan fingerprint density at radius 3 is 2.44 bits per heavy atom. The Bertz CT molecular complexity index is 918. The van der Waals surface area contributed by atoms with Gasteiger partial charge in [0.15, 0.2) is 0 Å². The van der Waals surface area contributed by atoms with Crippen molar-refractivity contribution in [1.82, 2.24) is 19.8 Å². The topological polar surface area (TPSA) is 72.8 Å². The zero-order valence-corrected chi connectivity index (χ0v) is 18.9. The molecule has 0 aliphatic carbocycles. The van der Waals surface area contributed by atoms with E-state index < -0.39 is 11.0 Å². The maximum atomic E-state index is 13.4. The number of aliphatic hydroxyl groups is 1. The first-order valence-corrected chi connectivity index (χ1v) is 11.2. The number of benzene rings is 1. The van der Waals surface area contributed by atoms with Crippen LogP contribution in [0.3, 0.4) is 0 Å². The van der Waals surface area contributed by atoms with Gasteiger partial charge in [0, 0.05) is 50.5 Å². The fraction of sp³-hybridized carbons (Fsp3) is 0.542. The molecule has 7 nitrogen and oxygen atoms in total. The van der Waals surface area contributed by atoms with Gasteiger partial charge in [0.1, 0.15) is 5.82 Å². The van der Waals surface area contributed by atoms with E-state index in [-0.39, 0.29) is 11.7 Å². The second kappa shape index (κ2) is 9.11. The van der Waals surface area contributed by atoms with Crippen molar-refractivity contribution in [1.29, 1.82) is 0 Å². The molecule has 2 aromatic rings. The van der Waals surface area contributed by atoms with E-state index in [1.807, 2.05) is 23.8 Å². The van der Waals surface area contributed by atoms with E-state index in [4.69, 9.17) is 0 Å². The van der Waals surface area contributed by atoms with Gasteiger partial charge in [0.2, 0.25) is 11.9 Å². The third-order valence-corrected chi connectivity index (χ3v) is 6.77. The predicted octanol–water partition coefficient (Wildman–Crippen LogP) is 2.32. The summed E-state index contributed by atoms with van der Waals surface area (Å²) < 4.78 is 13.1. The summed E-state index contributed by atoms with van der Waals surface area (Å²) in [7, 11) is 1.94. The molecule has 32 heavy (non-hydrogen) atoms. The minimum Gasteiger partial charge on any atom is -0.387 e. The van der Waals surface area contributed by atoms with E-state index in [0.29, 0.717) is 38.5 Å². The van der Waals surface area contributed by atoms with Crippen molar-refractivity contribution < 1.29 is 14.3 Å². The molecule has 1 N–H and O–H groups in total. The number of aromatic nitrogens is 2. The second-order valence-electron chi connectivity index (χ2n) is 9.60. The van der Waals surface area contributed by atoms with Crippen LogP contribution in [0.1, 0.15) is 31.7 Å². The van der Waals surface area contributed by atoms with Gasteiger partial charge in [-0.2, -0.15) is 0 Å². The SMILES string of the molecule is CN(Cc1ccc(F)cc1)C[C@@]1(O)CCN(C(=O)C2(C)CCN(c3ncccn3)CC2)C1. The van der Waals surface area contributed by atoms with Gasteiger partial charge in [0.25, 0.3) is 0 Å². The molecular weight excluding hydrogens is 409 g/mol. The van der Waals surface area contributed by atoms with E-state index in [1.165, 1.54) is 12.1 Å². The van der Waals surface area contributed by atoms with E-state index in [2.05, 4.69) is 14.9 Å². The lowest BCUT2D eigenvalue weighted by Gasteiger charge is -2.40. The molecule has 8 heteroatoms. The average Bonchev–Trinajstić information content (AvgIpc) is 3.17. The zero-order chi connectivity index (χ0) is 22.8. The predicted molar refractivity (Wildman–Crippen MR) is 120 cm³/mol. The summed E-state index contributed by atoms with van der Waals surface area (Å²) in [6.07, 6.45) is 5.51. The van der Waals surface area contributed by atoms with Crippen LogP contribution < -0.4 is 4.90 Å². The largest absolute Gasteiger partial charge is 0.387 e. The Balaban J connectivity index is 1.31. The Labute approximate surface area is 188 Å². The quantitative estimate of drug-likeness (QED) is 0.742. The molecule has 4 rings (SSSR count). The lowest BCUT2D eigenvalue weighted by molar-refractivity contribution is -0.142. The Kier molecular flexibility index (Phi) is 6.44. The van der Waals surface area contributed by atoms with Crippen molar-refractivity contribution in [3.05, 3.63) is 54.1 Å². The fourth-order valence-electron chi connectivity index (χ4n) is 4.87. The van der Waals surface area contributed by atoms with Crippen molar-refractivity contribution in [2.75, 3.05) is 44.7 Å². The number of piperidine rings is 1. The summed E-state index contributed by atoms with van der Waals surface area (Å²) >= 11 is 0. The molecular formula is C24H32FN5O2. The maximum absolute atomic E-state index is 13.4. The molecule has 0 unspecified atom stereocenters. The van der Waals surface area contributed by atoms with Crippen LogP contribution in [0.2, 0.25) is 0 Å². The number of hydrogen-bond acceptors (Lipinski definition) is 6. The summed E-state index contributed by atoms with van der Waals surface area (Å²) in [6, 6.07) is 8.21. The summed E-state index contributed by atoms with van der Waals surface area (Å²) in [5.41, 5.74) is -0.374.